The van der Waals surface area contributed by atoms with Gasteiger partial charge in [0.15, 0.2) is 0 Å². The van der Waals surface area contributed by atoms with Gasteiger partial charge in [0.25, 0.3) is 0 Å². The van der Waals surface area contributed by atoms with Crippen molar-refractivity contribution in [2.45, 2.75) is 0 Å². The molecule has 0 aliphatic heterocycles. The van der Waals surface area contributed by atoms with Crippen molar-refractivity contribution in [3.63, 3.8) is 0 Å². The summed E-state index contributed by atoms with van der Waals surface area (Å²) >= 11 is 3.13. The van der Waals surface area contributed by atoms with E-state index in [9.17, 15) is 4.39 Å². The SMILES string of the molecule is COc1c(-c2cc(N)n[nH]2)ccc(F)c1Br. The molecule has 1 aromatic carbocycles. The van der Waals surface area contributed by atoms with Crippen molar-refractivity contribution in [1.29, 1.82) is 0 Å². The van der Waals surface area contributed by atoms with E-state index in [0.717, 1.165) is 0 Å². The van der Waals surface area contributed by atoms with Gasteiger partial charge in [-0.3, -0.25) is 5.10 Å². The molecule has 1 heterocycles. The molecule has 4 nitrogen and oxygen atoms in total. The van der Waals surface area contributed by atoms with E-state index in [-0.39, 0.29) is 10.3 Å². The smallest absolute Gasteiger partial charge is 0.145 e. The first kappa shape index (κ1) is 10.9. The summed E-state index contributed by atoms with van der Waals surface area (Å²) in [5.41, 5.74) is 6.88. The van der Waals surface area contributed by atoms with Crippen molar-refractivity contribution in [1.82, 2.24) is 10.2 Å². The molecule has 84 valence electrons. The zero-order chi connectivity index (χ0) is 11.7. The number of ether oxygens (including phenoxy) is 1. The zero-order valence-corrected chi connectivity index (χ0v) is 10.0. The van der Waals surface area contributed by atoms with Gasteiger partial charge in [-0.15, -0.1) is 0 Å². The molecule has 6 heteroatoms. The van der Waals surface area contributed by atoms with Crippen LogP contribution in [-0.4, -0.2) is 17.3 Å². The number of H-pyrrole nitrogens is 1. The predicted octanol–water partition coefficient (Wildman–Crippen LogP) is 2.57. The van der Waals surface area contributed by atoms with Gasteiger partial charge in [-0.2, -0.15) is 5.10 Å². The van der Waals surface area contributed by atoms with Gasteiger partial charge < -0.3 is 10.5 Å². The summed E-state index contributed by atoms with van der Waals surface area (Å²) in [6, 6.07) is 4.60. The van der Waals surface area contributed by atoms with E-state index in [2.05, 4.69) is 26.1 Å². The van der Waals surface area contributed by atoms with Crippen LogP contribution in [0.25, 0.3) is 11.3 Å². The third-order valence-electron chi connectivity index (χ3n) is 2.14. The Balaban J connectivity index is 2.61. The zero-order valence-electron chi connectivity index (χ0n) is 8.42. The summed E-state index contributed by atoms with van der Waals surface area (Å²) < 4.78 is 18.7. The minimum absolute atomic E-state index is 0.278. The van der Waals surface area contributed by atoms with E-state index in [1.54, 1.807) is 12.1 Å². The first-order valence-electron chi connectivity index (χ1n) is 4.46. The Kier molecular flexibility index (Phi) is 2.82. The molecule has 0 atom stereocenters. The van der Waals surface area contributed by atoms with Crippen LogP contribution in [0.3, 0.4) is 0 Å². The minimum atomic E-state index is -0.381. The Bertz CT molecular complexity index is 527. The van der Waals surface area contributed by atoms with Crippen LogP contribution in [0.15, 0.2) is 22.7 Å². The second kappa shape index (κ2) is 4.13. The van der Waals surface area contributed by atoms with Gasteiger partial charge in [-0.05, 0) is 28.1 Å². The summed E-state index contributed by atoms with van der Waals surface area (Å²) in [6.07, 6.45) is 0. The molecule has 0 saturated carbocycles. The second-order valence-electron chi connectivity index (χ2n) is 3.15. The summed E-state index contributed by atoms with van der Waals surface area (Å²) in [5.74, 6) is 0.397. The quantitative estimate of drug-likeness (QED) is 0.891. The van der Waals surface area contributed by atoms with Gasteiger partial charge in [-0.1, -0.05) is 0 Å². The molecular weight excluding hydrogens is 277 g/mol. The topological polar surface area (TPSA) is 63.9 Å². The predicted molar refractivity (Wildman–Crippen MR) is 62.6 cm³/mol. The number of rotatable bonds is 2. The van der Waals surface area contributed by atoms with E-state index in [4.69, 9.17) is 10.5 Å². The fourth-order valence-corrected chi connectivity index (χ4v) is 1.93. The number of methoxy groups -OCH3 is 1. The van der Waals surface area contributed by atoms with Crippen LogP contribution in [-0.2, 0) is 0 Å². The number of halogens is 2. The van der Waals surface area contributed by atoms with Crippen LogP contribution in [0, 0.1) is 5.82 Å². The molecule has 0 aliphatic carbocycles. The summed E-state index contributed by atoms with van der Waals surface area (Å²) in [6.45, 7) is 0. The van der Waals surface area contributed by atoms with Gasteiger partial charge in [0, 0.05) is 11.6 Å². The molecule has 16 heavy (non-hydrogen) atoms. The molecule has 0 bridgehead atoms. The second-order valence-corrected chi connectivity index (χ2v) is 3.94. The molecular formula is C10H9BrFN3O. The summed E-state index contributed by atoms with van der Waals surface area (Å²) in [4.78, 5) is 0. The highest BCUT2D eigenvalue weighted by Gasteiger charge is 2.14. The summed E-state index contributed by atoms with van der Waals surface area (Å²) in [5, 5.41) is 6.55. The van der Waals surface area contributed by atoms with Crippen molar-refractivity contribution in [3.05, 3.63) is 28.5 Å². The molecule has 0 amide bonds. The van der Waals surface area contributed by atoms with Crippen molar-refractivity contribution in [3.8, 4) is 17.0 Å². The Morgan fingerprint density at radius 2 is 2.25 bits per heavy atom. The molecule has 2 aromatic rings. The Morgan fingerprint density at radius 3 is 2.81 bits per heavy atom. The van der Waals surface area contributed by atoms with Crippen LogP contribution < -0.4 is 10.5 Å². The number of nitrogens with one attached hydrogen (secondary N) is 1. The molecule has 0 fully saturated rings. The van der Waals surface area contributed by atoms with Crippen LogP contribution in [0.2, 0.25) is 0 Å². The first-order valence-corrected chi connectivity index (χ1v) is 5.26. The number of benzene rings is 1. The number of aromatic nitrogens is 2. The van der Waals surface area contributed by atoms with E-state index in [1.807, 2.05) is 0 Å². The molecule has 3 N–H and O–H groups in total. The van der Waals surface area contributed by atoms with E-state index < -0.39 is 0 Å². The van der Waals surface area contributed by atoms with E-state index in [0.29, 0.717) is 22.8 Å². The van der Waals surface area contributed by atoms with Gasteiger partial charge >= 0.3 is 0 Å². The normalized spacial score (nSPS) is 10.4. The Hall–Kier alpha value is -1.56. The number of hydrogen-bond acceptors (Lipinski definition) is 3. The molecule has 0 unspecified atom stereocenters. The lowest BCUT2D eigenvalue weighted by Gasteiger charge is -2.09. The van der Waals surface area contributed by atoms with Crippen LogP contribution in [0.5, 0.6) is 5.75 Å². The number of nitrogen functional groups attached to an aromatic ring is 1. The highest BCUT2D eigenvalue weighted by Crippen LogP contribution is 2.37. The third-order valence-corrected chi connectivity index (χ3v) is 2.88. The first-order chi connectivity index (χ1) is 7.63. The van der Waals surface area contributed by atoms with Gasteiger partial charge in [0.1, 0.15) is 17.4 Å². The van der Waals surface area contributed by atoms with E-state index in [1.165, 1.54) is 13.2 Å². The lowest BCUT2D eigenvalue weighted by Crippen LogP contribution is -1.92. The third kappa shape index (κ3) is 1.76. The fourth-order valence-electron chi connectivity index (χ4n) is 1.42. The minimum Gasteiger partial charge on any atom is -0.495 e. The molecule has 2 rings (SSSR count). The fraction of sp³-hybridized carbons (Fsp3) is 0.100. The average molecular weight is 286 g/mol. The highest BCUT2D eigenvalue weighted by molar-refractivity contribution is 9.10. The maximum Gasteiger partial charge on any atom is 0.145 e. The van der Waals surface area contributed by atoms with Crippen LogP contribution in [0.1, 0.15) is 0 Å². The Labute approximate surface area is 99.7 Å². The van der Waals surface area contributed by atoms with Gasteiger partial charge in [0.05, 0.1) is 17.3 Å². The lowest BCUT2D eigenvalue weighted by atomic mass is 10.1. The van der Waals surface area contributed by atoms with Crippen LogP contribution >= 0.6 is 15.9 Å². The monoisotopic (exact) mass is 285 g/mol. The molecule has 0 radical (unpaired) electrons. The van der Waals surface area contributed by atoms with Crippen molar-refractivity contribution >= 4 is 21.7 Å². The number of aromatic amines is 1. The molecule has 0 spiro atoms. The van der Waals surface area contributed by atoms with Crippen molar-refractivity contribution < 1.29 is 9.13 Å². The van der Waals surface area contributed by atoms with Gasteiger partial charge in [0.2, 0.25) is 0 Å². The average Bonchev–Trinajstić information content (AvgIpc) is 2.68. The maximum absolute atomic E-state index is 13.3. The highest BCUT2D eigenvalue weighted by atomic mass is 79.9. The van der Waals surface area contributed by atoms with E-state index >= 15 is 0 Å². The van der Waals surface area contributed by atoms with Gasteiger partial charge in [-0.25, -0.2) is 4.39 Å². The number of hydrogen-bond donors (Lipinski definition) is 2. The standard InChI is InChI=1S/C10H9BrFN3O/c1-16-10-5(2-3-6(12)9(10)11)7-4-8(13)15-14-7/h2-4H,1H3,(H3,13,14,15). The summed E-state index contributed by atoms with van der Waals surface area (Å²) in [7, 11) is 1.47. The van der Waals surface area contributed by atoms with Crippen LogP contribution in [0.4, 0.5) is 10.2 Å². The maximum atomic E-state index is 13.3. The number of anilines is 1. The Morgan fingerprint density at radius 1 is 1.50 bits per heavy atom. The molecule has 0 saturated heterocycles. The van der Waals surface area contributed by atoms with Crippen molar-refractivity contribution in [2.75, 3.05) is 12.8 Å². The largest absolute Gasteiger partial charge is 0.495 e. The molecule has 0 aliphatic rings. The number of nitrogens with two attached hydrogens (primary N) is 1. The molecule has 1 aromatic heterocycles. The van der Waals surface area contributed by atoms with Crippen molar-refractivity contribution in [2.24, 2.45) is 0 Å². The number of nitrogens with zero attached hydrogens (tertiary/aromatic N) is 1. The lowest BCUT2D eigenvalue weighted by molar-refractivity contribution is 0.409.